The zero-order chi connectivity index (χ0) is 18.6. The molecule has 1 aromatic heterocycles. The molecule has 0 aliphatic carbocycles. The van der Waals surface area contributed by atoms with Crippen molar-refractivity contribution in [1.29, 1.82) is 0 Å². The summed E-state index contributed by atoms with van der Waals surface area (Å²) in [5, 5.41) is 0. The first-order valence-electron chi connectivity index (χ1n) is 9.34. The summed E-state index contributed by atoms with van der Waals surface area (Å²) >= 11 is 0. The highest BCUT2D eigenvalue weighted by Crippen LogP contribution is 2.23. The second-order valence-corrected chi connectivity index (χ2v) is 6.96. The maximum absolute atomic E-state index is 13.2. The average Bonchev–Trinajstić information content (AvgIpc) is 3.14. The number of amides is 1. The van der Waals surface area contributed by atoms with Gasteiger partial charge in [-0.25, -0.2) is 4.98 Å². The third kappa shape index (κ3) is 3.78. The molecule has 0 atom stereocenters. The van der Waals surface area contributed by atoms with Gasteiger partial charge in [-0.05, 0) is 11.6 Å². The molecule has 0 radical (unpaired) electrons. The standard InChI is InChI=1S/C22H24N4O/c1-24-12-11-23-21(24)19-9-5-6-10-20(19)22(27)26-15-13-25(14-16-26)17-18-7-3-2-4-8-18/h2-12H,13-17H2,1H3. The van der Waals surface area contributed by atoms with Crippen LogP contribution in [0, 0.1) is 0 Å². The fourth-order valence-corrected chi connectivity index (χ4v) is 3.61. The van der Waals surface area contributed by atoms with Gasteiger partial charge in [-0.15, -0.1) is 0 Å². The van der Waals surface area contributed by atoms with Crippen LogP contribution in [0.4, 0.5) is 0 Å². The number of imidazole rings is 1. The topological polar surface area (TPSA) is 41.4 Å². The number of aryl methyl sites for hydroxylation is 1. The highest BCUT2D eigenvalue weighted by atomic mass is 16.2. The van der Waals surface area contributed by atoms with E-state index in [1.54, 1.807) is 6.20 Å². The van der Waals surface area contributed by atoms with E-state index in [9.17, 15) is 4.79 Å². The minimum Gasteiger partial charge on any atom is -0.336 e. The average molecular weight is 360 g/mol. The third-order valence-corrected chi connectivity index (χ3v) is 5.13. The van der Waals surface area contributed by atoms with E-state index in [1.807, 2.05) is 53.0 Å². The Labute approximate surface area is 159 Å². The second-order valence-electron chi connectivity index (χ2n) is 6.96. The van der Waals surface area contributed by atoms with E-state index >= 15 is 0 Å². The molecule has 2 aromatic carbocycles. The van der Waals surface area contributed by atoms with Crippen LogP contribution in [0.15, 0.2) is 67.0 Å². The van der Waals surface area contributed by atoms with Gasteiger partial charge in [-0.2, -0.15) is 0 Å². The van der Waals surface area contributed by atoms with Gasteiger partial charge >= 0.3 is 0 Å². The molecule has 1 saturated heterocycles. The van der Waals surface area contributed by atoms with Crippen molar-refractivity contribution in [3.63, 3.8) is 0 Å². The molecule has 3 aromatic rings. The van der Waals surface area contributed by atoms with Crippen LogP contribution in [0.2, 0.25) is 0 Å². The highest BCUT2D eigenvalue weighted by molar-refractivity contribution is 6.00. The zero-order valence-electron chi connectivity index (χ0n) is 15.6. The van der Waals surface area contributed by atoms with Gasteiger partial charge in [-0.3, -0.25) is 9.69 Å². The van der Waals surface area contributed by atoms with Crippen molar-refractivity contribution < 1.29 is 4.79 Å². The van der Waals surface area contributed by atoms with Crippen molar-refractivity contribution in [3.05, 3.63) is 78.1 Å². The van der Waals surface area contributed by atoms with Crippen LogP contribution in [-0.4, -0.2) is 51.4 Å². The number of carbonyl (C=O) groups excluding carboxylic acids is 1. The number of piperazine rings is 1. The molecule has 0 saturated carbocycles. The molecule has 1 aliphatic heterocycles. The van der Waals surface area contributed by atoms with Gasteiger partial charge in [0.25, 0.3) is 5.91 Å². The summed E-state index contributed by atoms with van der Waals surface area (Å²) in [5.74, 6) is 0.912. The second kappa shape index (κ2) is 7.76. The Morgan fingerprint density at radius 1 is 0.963 bits per heavy atom. The highest BCUT2D eigenvalue weighted by Gasteiger charge is 2.24. The fraction of sp³-hybridized carbons (Fsp3) is 0.273. The van der Waals surface area contributed by atoms with E-state index in [0.717, 1.165) is 49.7 Å². The van der Waals surface area contributed by atoms with E-state index in [1.165, 1.54) is 5.56 Å². The lowest BCUT2D eigenvalue weighted by molar-refractivity contribution is 0.0629. The number of nitrogens with zero attached hydrogens (tertiary/aromatic N) is 4. The molecule has 5 nitrogen and oxygen atoms in total. The molecular weight excluding hydrogens is 336 g/mol. The van der Waals surface area contributed by atoms with Crippen molar-refractivity contribution in [2.75, 3.05) is 26.2 Å². The monoisotopic (exact) mass is 360 g/mol. The molecule has 1 aliphatic rings. The van der Waals surface area contributed by atoms with Gasteiger partial charge in [-0.1, -0.05) is 48.5 Å². The Morgan fingerprint density at radius 2 is 1.67 bits per heavy atom. The molecule has 0 spiro atoms. The van der Waals surface area contributed by atoms with E-state index < -0.39 is 0 Å². The van der Waals surface area contributed by atoms with Crippen LogP contribution in [0.3, 0.4) is 0 Å². The summed E-state index contributed by atoms with van der Waals surface area (Å²) < 4.78 is 1.95. The van der Waals surface area contributed by atoms with E-state index in [-0.39, 0.29) is 5.91 Å². The van der Waals surface area contributed by atoms with E-state index in [0.29, 0.717) is 0 Å². The van der Waals surface area contributed by atoms with Crippen LogP contribution >= 0.6 is 0 Å². The zero-order valence-corrected chi connectivity index (χ0v) is 15.6. The smallest absolute Gasteiger partial charge is 0.254 e. The van der Waals surface area contributed by atoms with Crippen molar-refractivity contribution in [2.24, 2.45) is 7.05 Å². The first kappa shape index (κ1) is 17.5. The quantitative estimate of drug-likeness (QED) is 0.718. The van der Waals surface area contributed by atoms with Crippen LogP contribution in [0.25, 0.3) is 11.4 Å². The summed E-state index contributed by atoms with van der Waals surface area (Å²) in [7, 11) is 1.95. The summed E-state index contributed by atoms with van der Waals surface area (Å²) in [4.78, 5) is 21.9. The van der Waals surface area contributed by atoms with Crippen LogP contribution in [0.5, 0.6) is 0 Å². The Balaban J connectivity index is 1.45. The summed E-state index contributed by atoms with van der Waals surface area (Å²) in [6, 6.07) is 18.3. The van der Waals surface area contributed by atoms with Gasteiger partial charge < -0.3 is 9.47 Å². The molecule has 4 rings (SSSR count). The van der Waals surface area contributed by atoms with E-state index in [4.69, 9.17) is 0 Å². The normalized spacial score (nSPS) is 15.1. The van der Waals surface area contributed by atoms with Gasteiger partial charge in [0, 0.05) is 57.7 Å². The number of hydrogen-bond donors (Lipinski definition) is 0. The SMILES string of the molecule is Cn1ccnc1-c1ccccc1C(=O)N1CCN(Cc2ccccc2)CC1. The molecule has 27 heavy (non-hydrogen) atoms. The van der Waals surface area contributed by atoms with Gasteiger partial charge in [0.05, 0.1) is 5.56 Å². The van der Waals surface area contributed by atoms with Gasteiger partial charge in [0.1, 0.15) is 5.82 Å². The van der Waals surface area contributed by atoms with Crippen molar-refractivity contribution in [2.45, 2.75) is 6.54 Å². The number of benzene rings is 2. The van der Waals surface area contributed by atoms with E-state index in [2.05, 4.69) is 34.1 Å². The first-order valence-corrected chi connectivity index (χ1v) is 9.34. The van der Waals surface area contributed by atoms with Crippen LogP contribution in [0.1, 0.15) is 15.9 Å². The number of aromatic nitrogens is 2. The largest absolute Gasteiger partial charge is 0.336 e. The minimum absolute atomic E-state index is 0.0907. The molecule has 138 valence electrons. The lowest BCUT2D eigenvalue weighted by atomic mass is 10.0. The number of carbonyl (C=O) groups is 1. The molecule has 5 heteroatoms. The van der Waals surface area contributed by atoms with Crippen molar-refractivity contribution in [1.82, 2.24) is 19.4 Å². The number of rotatable bonds is 4. The van der Waals surface area contributed by atoms with Gasteiger partial charge in [0.2, 0.25) is 0 Å². The summed E-state index contributed by atoms with van der Waals surface area (Å²) in [5.41, 5.74) is 2.93. The van der Waals surface area contributed by atoms with Crippen LogP contribution in [-0.2, 0) is 13.6 Å². The first-order chi connectivity index (χ1) is 13.2. The molecule has 0 unspecified atom stereocenters. The fourth-order valence-electron chi connectivity index (χ4n) is 3.61. The lowest BCUT2D eigenvalue weighted by Gasteiger charge is -2.35. The van der Waals surface area contributed by atoms with Crippen molar-refractivity contribution in [3.8, 4) is 11.4 Å². The van der Waals surface area contributed by atoms with Gasteiger partial charge in [0.15, 0.2) is 0 Å². The maximum Gasteiger partial charge on any atom is 0.254 e. The lowest BCUT2D eigenvalue weighted by Crippen LogP contribution is -2.48. The number of hydrogen-bond acceptors (Lipinski definition) is 3. The molecular formula is C22H24N4O. The summed E-state index contributed by atoms with van der Waals surface area (Å²) in [6.45, 7) is 4.23. The Morgan fingerprint density at radius 3 is 2.37 bits per heavy atom. The predicted molar refractivity (Wildman–Crippen MR) is 106 cm³/mol. The van der Waals surface area contributed by atoms with Crippen molar-refractivity contribution >= 4 is 5.91 Å². The molecule has 2 heterocycles. The summed E-state index contributed by atoms with van der Waals surface area (Å²) in [6.07, 6.45) is 3.66. The predicted octanol–water partition coefficient (Wildman–Crippen LogP) is 3.05. The van der Waals surface area contributed by atoms with Crippen LogP contribution < -0.4 is 0 Å². The molecule has 1 amide bonds. The molecule has 0 N–H and O–H groups in total. The molecule has 0 bridgehead atoms. The third-order valence-electron chi connectivity index (χ3n) is 5.13. The Bertz CT molecular complexity index is 911. The Kier molecular flexibility index (Phi) is 5.03. The maximum atomic E-state index is 13.2. The minimum atomic E-state index is 0.0907. The Hall–Kier alpha value is -2.92. The molecule has 1 fully saturated rings.